The van der Waals surface area contributed by atoms with Crippen LogP contribution in [0.25, 0.3) is 0 Å². The van der Waals surface area contributed by atoms with Gasteiger partial charge in [0.2, 0.25) is 0 Å². The SMILES string of the molecule is CC(C)(C)OC(=O)N1CC2(CCCC2)c2ccc(C(=O)O)cc21. The van der Waals surface area contributed by atoms with E-state index in [1.54, 1.807) is 17.0 Å². The molecule has 0 bridgehead atoms. The predicted octanol–water partition coefficient (Wildman–Crippen LogP) is 3.95. The summed E-state index contributed by atoms with van der Waals surface area (Å²) < 4.78 is 5.52. The lowest BCUT2D eigenvalue weighted by atomic mass is 9.80. The molecule has 1 aliphatic heterocycles. The predicted molar refractivity (Wildman–Crippen MR) is 87.1 cm³/mol. The quantitative estimate of drug-likeness (QED) is 0.851. The molecule has 124 valence electrons. The highest BCUT2D eigenvalue weighted by Gasteiger charge is 2.47. The molecule has 1 amide bonds. The van der Waals surface area contributed by atoms with E-state index in [2.05, 4.69) is 0 Å². The molecule has 1 aromatic carbocycles. The molecular formula is C18H23NO4. The van der Waals surface area contributed by atoms with Gasteiger partial charge in [0.1, 0.15) is 5.60 Å². The van der Waals surface area contributed by atoms with Gasteiger partial charge in [0.25, 0.3) is 0 Å². The fraction of sp³-hybridized carbons (Fsp3) is 0.556. The van der Waals surface area contributed by atoms with Gasteiger partial charge in [-0.15, -0.1) is 0 Å². The Balaban J connectivity index is 2.02. The molecule has 3 rings (SSSR count). The Bertz CT molecular complexity index is 653. The lowest BCUT2D eigenvalue weighted by Crippen LogP contribution is -2.39. The minimum absolute atomic E-state index is 0.0384. The van der Waals surface area contributed by atoms with Gasteiger partial charge in [-0.1, -0.05) is 18.9 Å². The van der Waals surface area contributed by atoms with Crippen LogP contribution in [-0.4, -0.2) is 29.3 Å². The third-order valence-electron chi connectivity index (χ3n) is 4.74. The minimum Gasteiger partial charge on any atom is -0.478 e. The van der Waals surface area contributed by atoms with Crippen molar-refractivity contribution in [2.24, 2.45) is 0 Å². The Kier molecular flexibility index (Phi) is 3.62. The molecule has 0 saturated heterocycles. The van der Waals surface area contributed by atoms with Crippen LogP contribution in [0.4, 0.5) is 10.5 Å². The molecule has 0 unspecified atom stereocenters. The highest BCUT2D eigenvalue weighted by molar-refractivity contribution is 5.95. The summed E-state index contributed by atoms with van der Waals surface area (Å²) in [5.41, 5.74) is 1.37. The second-order valence-corrected chi connectivity index (χ2v) is 7.59. The lowest BCUT2D eigenvalue weighted by molar-refractivity contribution is 0.0576. The van der Waals surface area contributed by atoms with E-state index in [0.29, 0.717) is 12.2 Å². The maximum Gasteiger partial charge on any atom is 0.414 e. The van der Waals surface area contributed by atoms with Crippen LogP contribution < -0.4 is 4.90 Å². The molecule has 1 fully saturated rings. The summed E-state index contributed by atoms with van der Waals surface area (Å²) in [4.78, 5) is 25.5. The maximum atomic E-state index is 12.6. The molecule has 1 aromatic rings. The summed E-state index contributed by atoms with van der Waals surface area (Å²) >= 11 is 0. The lowest BCUT2D eigenvalue weighted by Gasteiger charge is -2.27. The first-order valence-corrected chi connectivity index (χ1v) is 8.10. The van der Waals surface area contributed by atoms with Gasteiger partial charge in [-0.2, -0.15) is 0 Å². The Morgan fingerprint density at radius 1 is 1.22 bits per heavy atom. The average molecular weight is 317 g/mol. The minimum atomic E-state index is -0.982. The summed E-state index contributed by atoms with van der Waals surface area (Å²) in [6.07, 6.45) is 3.95. The molecule has 5 heteroatoms. The Hall–Kier alpha value is -2.04. The monoisotopic (exact) mass is 317 g/mol. The van der Waals surface area contributed by atoms with E-state index < -0.39 is 17.7 Å². The number of carbonyl (C=O) groups is 2. The Labute approximate surface area is 136 Å². The molecular weight excluding hydrogens is 294 g/mol. The van der Waals surface area contributed by atoms with Gasteiger partial charge in [0, 0.05) is 12.0 Å². The van der Waals surface area contributed by atoms with Crippen LogP contribution in [-0.2, 0) is 10.2 Å². The van der Waals surface area contributed by atoms with Gasteiger partial charge < -0.3 is 9.84 Å². The van der Waals surface area contributed by atoms with Crippen molar-refractivity contribution in [2.75, 3.05) is 11.4 Å². The van der Waals surface area contributed by atoms with Gasteiger partial charge in [-0.3, -0.25) is 4.90 Å². The van der Waals surface area contributed by atoms with Crippen LogP contribution in [0.15, 0.2) is 18.2 Å². The zero-order valence-electron chi connectivity index (χ0n) is 13.9. The van der Waals surface area contributed by atoms with Crippen molar-refractivity contribution in [3.05, 3.63) is 29.3 Å². The number of amides is 1. The molecule has 0 aromatic heterocycles. The number of hydrogen-bond acceptors (Lipinski definition) is 3. The number of carbonyl (C=O) groups excluding carboxylic acids is 1. The average Bonchev–Trinajstić information content (AvgIpc) is 3.03. The fourth-order valence-corrected chi connectivity index (χ4v) is 3.77. The van der Waals surface area contributed by atoms with Crippen LogP contribution in [0, 0.1) is 0 Å². The Morgan fingerprint density at radius 2 is 1.87 bits per heavy atom. The third kappa shape index (κ3) is 2.80. The standard InChI is InChI=1S/C18H23NO4/c1-17(2,3)23-16(22)19-11-18(8-4-5-9-18)13-7-6-12(15(20)21)10-14(13)19/h6-7,10H,4-5,8-9,11H2,1-3H3,(H,20,21). The van der Waals surface area contributed by atoms with Crippen LogP contribution in [0.1, 0.15) is 62.4 Å². The first kappa shape index (κ1) is 15.8. The topological polar surface area (TPSA) is 66.8 Å². The van der Waals surface area contributed by atoms with Crippen molar-refractivity contribution in [1.29, 1.82) is 0 Å². The van der Waals surface area contributed by atoms with Gasteiger partial charge in [-0.25, -0.2) is 9.59 Å². The molecule has 0 radical (unpaired) electrons. The number of benzene rings is 1. The van der Waals surface area contributed by atoms with Crippen LogP contribution in [0.3, 0.4) is 0 Å². The first-order valence-electron chi connectivity index (χ1n) is 8.10. The largest absolute Gasteiger partial charge is 0.478 e. The maximum absolute atomic E-state index is 12.6. The second kappa shape index (κ2) is 5.25. The van der Waals surface area contributed by atoms with E-state index in [1.807, 2.05) is 26.8 Å². The molecule has 1 N–H and O–H groups in total. The number of hydrogen-bond donors (Lipinski definition) is 1. The molecule has 0 atom stereocenters. The number of nitrogens with zero attached hydrogens (tertiary/aromatic N) is 1. The van der Waals surface area contributed by atoms with Crippen molar-refractivity contribution in [1.82, 2.24) is 0 Å². The number of rotatable bonds is 1. The molecule has 1 spiro atoms. The molecule has 5 nitrogen and oxygen atoms in total. The number of aromatic carboxylic acids is 1. The smallest absolute Gasteiger partial charge is 0.414 e. The normalized spacial score (nSPS) is 19.0. The number of carboxylic acids is 1. The summed E-state index contributed by atoms with van der Waals surface area (Å²) in [6.45, 7) is 6.09. The van der Waals surface area contributed by atoms with E-state index in [9.17, 15) is 14.7 Å². The third-order valence-corrected chi connectivity index (χ3v) is 4.74. The zero-order chi connectivity index (χ0) is 16.8. The first-order chi connectivity index (χ1) is 10.7. The number of anilines is 1. The molecule has 1 heterocycles. The van der Waals surface area contributed by atoms with Crippen molar-refractivity contribution >= 4 is 17.7 Å². The van der Waals surface area contributed by atoms with Gasteiger partial charge >= 0.3 is 12.1 Å². The van der Waals surface area contributed by atoms with Crippen LogP contribution in [0.5, 0.6) is 0 Å². The van der Waals surface area contributed by atoms with Crippen molar-refractivity contribution in [2.45, 2.75) is 57.5 Å². The van der Waals surface area contributed by atoms with Crippen molar-refractivity contribution < 1.29 is 19.4 Å². The fourth-order valence-electron chi connectivity index (χ4n) is 3.77. The van der Waals surface area contributed by atoms with E-state index in [-0.39, 0.29) is 11.0 Å². The molecule has 2 aliphatic rings. The highest BCUT2D eigenvalue weighted by Crippen LogP contribution is 2.50. The van der Waals surface area contributed by atoms with E-state index in [1.165, 1.54) is 0 Å². The van der Waals surface area contributed by atoms with Crippen molar-refractivity contribution in [3.8, 4) is 0 Å². The van der Waals surface area contributed by atoms with Gasteiger partial charge in [-0.05, 0) is 51.3 Å². The molecule has 1 saturated carbocycles. The van der Waals surface area contributed by atoms with Crippen LogP contribution >= 0.6 is 0 Å². The molecule has 23 heavy (non-hydrogen) atoms. The van der Waals surface area contributed by atoms with Gasteiger partial charge in [0.05, 0.1) is 11.3 Å². The number of carboxylic acid groups (broad SMARTS) is 1. The zero-order valence-corrected chi connectivity index (χ0v) is 13.9. The second-order valence-electron chi connectivity index (χ2n) is 7.59. The van der Waals surface area contributed by atoms with Gasteiger partial charge in [0.15, 0.2) is 0 Å². The number of fused-ring (bicyclic) bond motifs is 2. The van der Waals surface area contributed by atoms with Crippen molar-refractivity contribution in [3.63, 3.8) is 0 Å². The summed E-state index contributed by atoms with van der Waals surface area (Å²) in [5.74, 6) is -0.982. The highest BCUT2D eigenvalue weighted by atomic mass is 16.6. The Morgan fingerprint density at radius 3 is 2.43 bits per heavy atom. The van der Waals surface area contributed by atoms with Crippen LogP contribution in [0.2, 0.25) is 0 Å². The number of ether oxygens (including phenoxy) is 1. The molecule has 1 aliphatic carbocycles. The summed E-state index contributed by atoms with van der Waals surface area (Å²) in [7, 11) is 0. The summed E-state index contributed by atoms with van der Waals surface area (Å²) in [5, 5.41) is 9.25. The van der Waals surface area contributed by atoms with E-state index >= 15 is 0 Å². The van der Waals surface area contributed by atoms with E-state index in [0.717, 1.165) is 31.2 Å². The summed E-state index contributed by atoms with van der Waals surface area (Å²) in [6, 6.07) is 5.13. The van der Waals surface area contributed by atoms with E-state index in [4.69, 9.17) is 4.74 Å².